The van der Waals surface area contributed by atoms with Gasteiger partial charge in [0.2, 0.25) is 5.78 Å². The number of benzene rings is 1. The van der Waals surface area contributed by atoms with Gasteiger partial charge in [0.05, 0.1) is 5.69 Å². The monoisotopic (exact) mass is 407 g/mol. The zero-order chi connectivity index (χ0) is 21.7. The topological polar surface area (TPSA) is 66.2 Å². The lowest BCUT2D eigenvalue weighted by Crippen LogP contribution is -2.39. The minimum Gasteiger partial charge on any atom is -0.282 e. The zero-order valence-electron chi connectivity index (χ0n) is 18.6. The van der Waals surface area contributed by atoms with Gasteiger partial charge in [-0.3, -0.25) is 22.9 Å². The Morgan fingerprint density at radius 3 is 2.43 bits per heavy atom. The Bertz CT molecular complexity index is 1400. The first-order valence-corrected chi connectivity index (χ1v) is 10.6. The van der Waals surface area contributed by atoms with E-state index in [0.29, 0.717) is 23.5 Å². The summed E-state index contributed by atoms with van der Waals surface area (Å²) in [5.41, 5.74) is 5.68. The van der Waals surface area contributed by atoms with Crippen molar-refractivity contribution in [1.29, 1.82) is 0 Å². The maximum Gasteiger partial charge on any atom is 0.332 e. The number of rotatable bonds is 5. The van der Waals surface area contributed by atoms with Crippen LogP contribution in [0.4, 0.5) is 0 Å². The maximum atomic E-state index is 13.4. The fourth-order valence-corrected chi connectivity index (χ4v) is 4.23. The average Bonchev–Trinajstić information content (AvgIpc) is 3.21. The van der Waals surface area contributed by atoms with Crippen molar-refractivity contribution in [3.05, 3.63) is 61.6 Å². The Hall–Kier alpha value is -3.09. The molecule has 30 heavy (non-hydrogen) atoms. The van der Waals surface area contributed by atoms with Gasteiger partial charge in [-0.25, -0.2) is 4.79 Å². The summed E-state index contributed by atoms with van der Waals surface area (Å²) < 4.78 is 6.85. The van der Waals surface area contributed by atoms with Crippen molar-refractivity contribution < 1.29 is 0 Å². The molecule has 4 rings (SSSR count). The Labute approximate surface area is 175 Å². The van der Waals surface area contributed by atoms with Gasteiger partial charge in [0.1, 0.15) is 0 Å². The standard InChI is InChI=1S/C23H29N5O2/c1-7-8-9-13-26-21(29)19-20(25(6)23(26)30)24-22-27(16(4)17(5)28(19)22)18-12-10-11-14(2)15(18)3/h10-12H,7-9,13H2,1-6H3. The first-order chi connectivity index (χ1) is 14.3. The molecule has 0 bridgehead atoms. The van der Waals surface area contributed by atoms with Gasteiger partial charge < -0.3 is 0 Å². The molecule has 158 valence electrons. The summed E-state index contributed by atoms with van der Waals surface area (Å²) in [7, 11) is 1.69. The molecule has 0 amide bonds. The minimum atomic E-state index is -0.308. The normalized spacial score (nSPS) is 11.8. The van der Waals surface area contributed by atoms with E-state index < -0.39 is 0 Å². The number of imidazole rings is 2. The summed E-state index contributed by atoms with van der Waals surface area (Å²) in [6.07, 6.45) is 2.82. The highest BCUT2D eigenvalue weighted by molar-refractivity contribution is 5.77. The van der Waals surface area contributed by atoms with Crippen LogP contribution in [0.25, 0.3) is 22.6 Å². The molecule has 0 atom stereocenters. The molecule has 3 heterocycles. The smallest absolute Gasteiger partial charge is 0.282 e. The summed E-state index contributed by atoms with van der Waals surface area (Å²) in [5.74, 6) is 0.659. The predicted molar refractivity (Wildman–Crippen MR) is 120 cm³/mol. The van der Waals surface area contributed by atoms with Crippen molar-refractivity contribution in [3.8, 4) is 5.69 Å². The Morgan fingerprint density at radius 2 is 1.73 bits per heavy atom. The molecule has 3 aromatic heterocycles. The number of unbranched alkanes of at least 4 members (excludes halogenated alkanes) is 2. The van der Waals surface area contributed by atoms with E-state index in [9.17, 15) is 9.59 Å². The molecule has 0 radical (unpaired) electrons. The number of hydrogen-bond donors (Lipinski definition) is 0. The lowest BCUT2D eigenvalue weighted by molar-refractivity contribution is 0.550. The van der Waals surface area contributed by atoms with Crippen LogP contribution in [-0.4, -0.2) is 23.1 Å². The second kappa shape index (κ2) is 7.31. The van der Waals surface area contributed by atoms with E-state index in [1.807, 2.05) is 24.3 Å². The molecule has 7 heteroatoms. The summed E-state index contributed by atoms with van der Waals surface area (Å²) >= 11 is 0. The summed E-state index contributed by atoms with van der Waals surface area (Å²) in [6, 6.07) is 6.18. The van der Waals surface area contributed by atoms with Crippen molar-refractivity contribution in [3.63, 3.8) is 0 Å². The number of hydrogen-bond acceptors (Lipinski definition) is 3. The quantitative estimate of drug-likeness (QED) is 0.475. The zero-order valence-corrected chi connectivity index (χ0v) is 18.6. The number of nitrogens with zero attached hydrogens (tertiary/aromatic N) is 5. The highest BCUT2D eigenvalue weighted by atomic mass is 16.2. The average molecular weight is 408 g/mol. The molecule has 0 fully saturated rings. The first kappa shape index (κ1) is 20.2. The molecule has 0 aliphatic heterocycles. The van der Waals surface area contributed by atoms with Gasteiger partial charge in [-0.1, -0.05) is 31.9 Å². The second-order valence-corrected chi connectivity index (χ2v) is 8.15. The van der Waals surface area contributed by atoms with Crippen molar-refractivity contribution in [2.24, 2.45) is 7.05 Å². The van der Waals surface area contributed by atoms with Gasteiger partial charge in [-0.2, -0.15) is 4.98 Å². The largest absolute Gasteiger partial charge is 0.332 e. The van der Waals surface area contributed by atoms with E-state index in [1.165, 1.54) is 14.7 Å². The number of aryl methyl sites for hydroxylation is 3. The van der Waals surface area contributed by atoms with Gasteiger partial charge in [-0.05, 0) is 51.3 Å². The van der Waals surface area contributed by atoms with E-state index in [4.69, 9.17) is 4.98 Å². The van der Waals surface area contributed by atoms with Crippen molar-refractivity contribution >= 4 is 16.9 Å². The van der Waals surface area contributed by atoms with Crippen LogP contribution >= 0.6 is 0 Å². The number of aromatic nitrogens is 5. The van der Waals surface area contributed by atoms with E-state index >= 15 is 0 Å². The molecule has 7 nitrogen and oxygen atoms in total. The fourth-order valence-electron chi connectivity index (χ4n) is 4.23. The van der Waals surface area contributed by atoms with Gasteiger partial charge in [0.25, 0.3) is 5.56 Å². The third-order valence-corrected chi connectivity index (χ3v) is 6.32. The lowest BCUT2D eigenvalue weighted by atomic mass is 10.1. The molecule has 4 aromatic rings. The van der Waals surface area contributed by atoms with E-state index in [0.717, 1.165) is 41.9 Å². The Balaban J connectivity index is 2.10. The first-order valence-electron chi connectivity index (χ1n) is 10.6. The third kappa shape index (κ3) is 2.75. The predicted octanol–water partition coefficient (Wildman–Crippen LogP) is 3.56. The van der Waals surface area contributed by atoms with Crippen LogP contribution in [0.2, 0.25) is 0 Å². The molecule has 0 unspecified atom stereocenters. The van der Waals surface area contributed by atoms with Crippen LogP contribution in [-0.2, 0) is 13.6 Å². The Morgan fingerprint density at radius 1 is 1.00 bits per heavy atom. The molecule has 0 spiro atoms. The molecule has 0 aliphatic carbocycles. The highest BCUT2D eigenvalue weighted by Crippen LogP contribution is 2.27. The molecule has 0 saturated carbocycles. The van der Waals surface area contributed by atoms with Crippen molar-refractivity contribution in [1.82, 2.24) is 23.1 Å². The van der Waals surface area contributed by atoms with E-state index in [-0.39, 0.29) is 11.2 Å². The molecular formula is C23H29N5O2. The summed E-state index contributed by atoms with van der Waals surface area (Å²) in [5, 5.41) is 0. The minimum absolute atomic E-state index is 0.266. The summed E-state index contributed by atoms with van der Waals surface area (Å²) in [6.45, 7) is 10.7. The van der Waals surface area contributed by atoms with Crippen LogP contribution in [0.15, 0.2) is 27.8 Å². The summed E-state index contributed by atoms with van der Waals surface area (Å²) in [4.78, 5) is 31.0. The van der Waals surface area contributed by atoms with Gasteiger partial charge in [0, 0.05) is 25.0 Å². The Kier molecular flexibility index (Phi) is 4.92. The van der Waals surface area contributed by atoms with Gasteiger partial charge in [-0.15, -0.1) is 0 Å². The van der Waals surface area contributed by atoms with Crippen molar-refractivity contribution in [2.75, 3.05) is 0 Å². The van der Waals surface area contributed by atoms with E-state index in [1.54, 1.807) is 7.05 Å². The van der Waals surface area contributed by atoms with Crippen LogP contribution in [0.3, 0.4) is 0 Å². The van der Waals surface area contributed by atoms with Gasteiger partial charge in [0.15, 0.2) is 11.2 Å². The van der Waals surface area contributed by atoms with Gasteiger partial charge >= 0.3 is 5.69 Å². The van der Waals surface area contributed by atoms with Crippen LogP contribution in [0.5, 0.6) is 0 Å². The number of fused-ring (bicyclic) bond motifs is 3. The van der Waals surface area contributed by atoms with Crippen LogP contribution < -0.4 is 11.2 Å². The molecule has 0 aliphatic rings. The SMILES string of the molecule is CCCCCn1c(=O)c2c(nc3n(-c4cccc(C)c4C)c(C)c(C)n23)n(C)c1=O. The van der Waals surface area contributed by atoms with Crippen LogP contribution in [0, 0.1) is 27.7 Å². The molecule has 1 aromatic carbocycles. The lowest BCUT2D eigenvalue weighted by Gasteiger charge is -2.12. The molecule has 0 N–H and O–H groups in total. The molecule has 0 saturated heterocycles. The van der Waals surface area contributed by atoms with Crippen LogP contribution in [0.1, 0.15) is 48.7 Å². The van der Waals surface area contributed by atoms with E-state index in [2.05, 4.69) is 37.5 Å². The maximum absolute atomic E-state index is 13.4. The third-order valence-electron chi connectivity index (χ3n) is 6.32. The van der Waals surface area contributed by atoms with Crippen molar-refractivity contribution in [2.45, 2.75) is 60.4 Å². The second-order valence-electron chi connectivity index (χ2n) is 8.15. The fraction of sp³-hybridized carbons (Fsp3) is 0.435. The highest BCUT2D eigenvalue weighted by Gasteiger charge is 2.23. The molecular weight excluding hydrogens is 378 g/mol.